The van der Waals surface area contributed by atoms with Gasteiger partial charge in [-0.05, 0) is 46.1 Å². The maximum Gasteiger partial charge on any atom is 0.334 e. The van der Waals surface area contributed by atoms with Crippen molar-refractivity contribution in [2.45, 2.75) is 54.7 Å². The summed E-state index contributed by atoms with van der Waals surface area (Å²) in [5.41, 5.74) is 7.96. The average molecular weight is 652 g/mol. The number of amides is 2. The molecule has 10 heteroatoms. The molecule has 0 aromatic heterocycles. The van der Waals surface area contributed by atoms with Crippen LogP contribution in [0.4, 0.5) is 0 Å². The number of thioether (sulfide) groups is 1. The van der Waals surface area contributed by atoms with Crippen LogP contribution in [0.3, 0.4) is 0 Å². The van der Waals surface area contributed by atoms with Crippen molar-refractivity contribution in [3.05, 3.63) is 142 Å². The van der Waals surface area contributed by atoms with Crippen LogP contribution >= 0.6 is 11.8 Å². The summed E-state index contributed by atoms with van der Waals surface area (Å²) in [5, 5.41) is 15.1. The van der Waals surface area contributed by atoms with E-state index in [-0.39, 0.29) is 6.42 Å². The number of carbonyl (C=O) groups is 3. The smallest absolute Gasteiger partial charge is 0.334 e. The van der Waals surface area contributed by atoms with E-state index in [2.05, 4.69) is 5.32 Å². The van der Waals surface area contributed by atoms with Crippen LogP contribution in [-0.2, 0) is 30.3 Å². The quantitative estimate of drug-likeness (QED) is 0.122. The molecule has 3 aromatic carbocycles. The third-order valence-corrected chi connectivity index (χ3v) is 9.97. The van der Waals surface area contributed by atoms with Crippen molar-refractivity contribution in [2.75, 3.05) is 7.11 Å². The number of fused-ring (bicyclic) bond motifs is 1. The third-order valence-electron chi connectivity index (χ3n) is 8.75. The SMILES string of the molecule is COC1(NC(=O)C(N)C2=CCC=CC2)C(=O)N2C(C(=O)OC(c3ccccc3)c3ccccc3)C(C(O)Cc3ccccc3)=CS[C@H]21. The third kappa shape index (κ3) is 6.42. The lowest BCUT2D eigenvalue weighted by atomic mass is 9.89. The highest BCUT2D eigenvalue weighted by Gasteiger charge is 2.68. The zero-order chi connectivity index (χ0) is 33.0. The van der Waals surface area contributed by atoms with Crippen molar-refractivity contribution in [2.24, 2.45) is 5.73 Å². The second kappa shape index (κ2) is 14.1. The minimum absolute atomic E-state index is 0.217. The van der Waals surface area contributed by atoms with Gasteiger partial charge in [0, 0.05) is 13.5 Å². The fourth-order valence-electron chi connectivity index (χ4n) is 6.20. The van der Waals surface area contributed by atoms with Gasteiger partial charge in [-0.1, -0.05) is 109 Å². The van der Waals surface area contributed by atoms with E-state index in [4.69, 9.17) is 15.2 Å². The molecule has 2 heterocycles. The highest BCUT2D eigenvalue weighted by Crippen LogP contribution is 2.48. The molecule has 2 aliphatic heterocycles. The maximum atomic E-state index is 14.4. The molecule has 0 saturated carbocycles. The minimum Gasteiger partial charge on any atom is -0.451 e. The molecule has 0 bridgehead atoms. The Morgan fingerprint density at radius 3 is 2.19 bits per heavy atom. The van der Waals surface area contributed by atoms with Gasteiger partial charge >= 0.3 is 5.97 Å². The molecule has 242 valence electrons. The van der Waals surface area contributed by atoms with Crippen LogP contribution < -0.4 is 11.1 Å². The predicted molar refractivity (Wildman–Crippen MR) is 179 cm³/mol. The highest BCUT2D eigenvalue weighted by atomic mass is 32.2. The predicted octanol–water partition coefficient (Wildman–Crippen LogP) is 4.15. The Kier molecular flexibility index (Phi) is 9.74. The Balaban J connectivity index is 1.32. The molecule has 0 radical (unpaired) electrons. The number of β-lactam (4-membered cyclic amide) rings is 1. The number of nitrogens with one attached hydrogen (secondary N) is 1. The zero-order valence-corrected chi connectivity index (χ0v) is 26.7. The summed E-state index contributed by atoms with van der Waals surface area (Å²) < 4.78 is 12.0. The number of hydrogen-bond acceptors (Lipinski definition) is 8. The first-order valence-corrected chi connectivity index (χ1v) is 16.5. The van der Waals surface area contributed by atoms with E-state index in [0.29, 0.717) is 18.4 Å². The van der Waals surface area contributed by atoms with Crippen LogP contribution in [-0.4, -0.2) is 64.2 Å². The standard InChI is InChI=1S/C37H37N3O6S/c1-45-37(39-33(42)30(38)25-16-8-3-9-17-25)35(44)40-31(28(23-47-36(37)40)29(41)22-24-14-6-2-7-15-24)34(43)46-32(26-18-10-4-11-19-26)27-20-12-5-13-21-27/h2-8,10-15,17-21,23,29-32,36,41H,9,16,22,38H2,1H3,(H,39,42)/t29?,30?,31?,36-,37?/m0/s1. The van der Waals surface area contributed by atoms with Gasteiger partial charge in [-0.25, -0.2) is 4.79 Å². The van der Waals surface area contributed by atoms with Crippen molar-refractivity contribution in [3.63, 3.8) is 0 Å². The highest BCUT2D eigenvalue weighted by molar-refractivity contribution is 8.03. The molecule has 0 spiro atoms. The minimum atomic E-state index is -1.77. The number of aliphatic hydroxyl groups is 1. The van der Waals surface area contributed by atoms with Gasteiger partial charge in [-0.3, -0.25) is 9.59 Å². The first kappa shape index (κ1) is 32.5. The molecule has 2 amide bonds. The Labute approximate surface area is 278 Å². The van der Waals surface area contributed by atoms with E-state index >= 15 is 0 Å². The van der Waals surface area contributed by atoms with E-state index in [1.807, 2.05) is 109 Å². The molecular weight excluding hydrogens is 614 g/mol. The molecule has 1 saturated heterocycles. The summed E-state index contributed by atoms with van der Waals surface area (Å²) in [6.07, 6.45) is 5.39. The van der Waals surface area contributed by atoms with Gasteiger partial charge in [0.15, 0.2) is 12.1 Å². The van der Waals surface area contributed by atoms with Crippen molar-refractivity contribution in [1.29, 1.82) is 0 Å². The van der Waals surface area contributed by atoms with E-state index in [9.17, 15) is 19.5 Å². The molecule has 6 rings (SSSR count). The molecular formula is C37H37N3O6S. The van der Waals surface area contributed by atoms with Crippen molar-refractivity contribution < 1.29 is 29.0 Å². The zero-order valence-electron chi connectivity index (χ0n) is 25.9. The average Bonchev–Trinajstić information content (AvgIpc) is 3.13. The van der Waals surface area contributed by atoms with Crippen LogP contribution in [0.25, 0.3) is 0 Å². The van der Waals surface area contributed by atoms with Gasteiger partial charge in [0.05, 0.1) is 6.10 Å². The Morgan fingerprint density at radius 2 is 1.62 bits per heavy atom. The van der Waals surface area contributed by atoms with E-state index < -0.39 is 53.2 Å². The number of nitrogens with zero attached hydrogens (tertiary/aromatic N) is 1. The summed E-state index contributed by atoms with van der Waals surface area (Å²) in [6, 6.07) is 25.8. The Morgan fingerprint density at radius 1 is 1.00 bits per heavy atom. The second-order valence-electron chi connectivity index (χ2n) is 11.7. The molecule has 3 aliphatic rings. The van der Waals surface area contributed by atoms with Crippen LogP contribution in [0, 0.1) is 0 Å². The Hall–Kier alpha value is -4.48. The first-order chi connectivity index (χ1) is 22.8. The molecule has 5 atom stereocenters. The largest absolute Gasteiger partial charge is 0.451 e. The van der Waals surface area contributed by atoms with Crippen molar-refractivity contribution in [3.8, 4) is 0 Å². The van der Waals surface area contributed by atoms with Gasteiger partial charge in [-0.2, -0.15) is 0 Å². The summed E-state index contributed by atoms with van der Waals surface area (Å²) >= 11 is 1.19. The van der Waals surface area contributed by atoms with Crippen LogP contribution in [0.2, 0.25) is 0 Å². The molecule has 1 fully saturated rings. The van der Waals surface area contributed by atoms with Crippen LogP contribution in [0.15, 0.2) is 126 Å². The number of carbonyl (C=O) groups excluding carboxylic acids is 3. The van der Waals surface area contributed by atoms with Gasteiger partial charge < -0.3 is 30.5 Å². The lowest BCUT2D eigenvalue weighted by Gasteiger charge is -2.58. The lowest BCUT2D eigenvalue weighted by molar-refractivity contribution is -0.203. The number of rotatable bonds is 11. The fraction of sp³-hybridized carbons (Fsp3) is 0.270. The summed E-state index contributed by atoms with van der Waals surface area (Å²) in [7, 11) is 1.34. The van der Waals surface area contributed by atoms with Crippen LogP contribution in [0.1, 0.15) is 35.6 Å². The number of aliphatic hydroxyl groups excluding tert-OH is 1. The van der Waals surface area contributed by atoms with Gasteiger partial charge in [-0.15, -0.1) is 11.8 Å². The van der Waals surface area contributed by atoms with Gasteiger partial charge in [0.2, 0.25) is 5.91 Å². The van der Waals surface area contributed by atoms with Crippen LogP contribution in [0.5, 0.6) is 0 Å². The van der Waals surface area contributed by atoms with E-state index in [0.717, 1.165) is 22.3 Å². The molecule has 3 aromatic rings. The number of nitrogens with two attached hydrogens (primary N) is 1. The molecule has 47 heavy (non-hydrogen) atoms. The van der Waals surface area contributed by atoms with Crippen molar-refractivity contribution >= 4 is 29.5 Å². The number of allylic oxidation sites excluding steroid dienone is 3. The molecule has 4 N–H and O–H groups in total. The second-order valence-corrected chi connectivity index (χ2v) is 12.6. The normalized spacial score (nSPS) is 23.1. The van der Waals surface area contributed by atoms with Crippen molar-refractivity contribution in [1.82, 2.24) is 10.2 Å². The number of benzene rings is 3. The Bertz CT molecular complexity index is 1660. The summed E-state index contributed by atoms with van der Waals surface area (Å²) in [5.74, 6) is -1.91. The summed E-state index contributed by atoms with van der Waals surface area (Å²) in [4.78, 5) is 43.2. The molecule has 1 aliphatic carbocycles. The number of methoxy groups -OCH3 is 1. The van der Waals surface area contributed by atoms with E-state index in [1.165, 1.54) is 23.8 Å². The number of hydrogen-bond donors (Lipinski definition) is 3. The van der Waals surface area contributed by atoms with Gasteiger partial charge in [0.25, 0.3) is 11.6 Å². The fourth-order valence-corrected chi connectivity index (χ4v) is 7.57. The number of ether oxygens (including phenoxy) is 2. The number of esters is 1. The van der Waals surface area contributed by atoms with Gasteiger partial charge in [0.1, 0.15) is 11.4 Å². The van der Waals surface area contributed by atoms with E-state index in [1.54, 1.807) is 5.41 Å². The topological polar surface area (TPSA) is 131 Å². The first-order valence-electron chi connectivity index (χ1n) is 15.5. The molecule has 9 nitrogen and oxygen atoms in total. The monoisotopic (exact) mass is 651 g/mol. The maximum absolute atomic E-state index is 14.4. The lowest BCUT2D eigenvalue weighted by Crippen LogP contribution is -2.83. The summed E-state index contributed by atoms with van der Waals surface area (Å²) in [6.45, 7) is 0. The molecule has 4 unspecified atom stereocenters.